The Morgan fingerprint density at radius 1 is 1.57 bits per heavy atom. The van der Waals surface area contributed by atoms with E-state index in [0.29, 0.717) is 6.04 Å². The molecule has 74 valence electrons. The van der Waals surface area contributed by atoms with Crippen molar-refractivity contribution in [2.45, 2.75) is 18.7 Å². The third kappa shape index (κ3) is 2.75. The predicted octanol–water partition coefficient (Wildman–Crippen LogP) is 2.81. The Kier molecular flexibility index (Phi) is 3.48. The molecule has 2 nitrogen and oxygen atoms in total. The van der Waals surface area contributed by atoms with Crippen LogP contribution in [0, 0.1) is 0 Å². The first-order valence-corrected chi connectivity index (χ1v) is 6.55. The van der Waals surface area contributed by atoms with Gasteiger partial charge in [-0.25, -0.2) is 0 Å². The lowest BCUT2D eigenvalue weighted by molar-refractivity contribution is 0.867. The molecular formula is C10H12N2S2. The molecule has 1 aliphatic heterocycles. The van der Waals surface area contributed by atoms with Gasteiger partial charge in [0.2, 0.25) is 0 Å². The normalized spacial score (nSPS) is 20.9. The fourth-order valence-corrected chi connectivity index (χ4v) is 3.27. The first kappa shape index (κ1) is 10.1. The molecule has 1 aromatic rings. The van der Waals surface area contributed by atoms with Crippen molar-refractivity contribution in [3.05, 3.63) is 30.1 Å². The standard InChI is InChI=1S/C10H12N2S2/c1-8-6-13-10(12-8)14-7-9-4-2-3-5-11-9/h2-5,8H,6-7H2,1H3/t8-/m0/s1. The Balaban J connectivity index is 1.86. The molecular weight excluding hydrogens is 212 g/mol. The van der Waals surface area contributed by atoms with Gasteiger partial charge in [-0.3, -0.25) is 9.98 Å². The largest absolute Gasteiger partial charge is 0.268 e. The van der Waals surface area contributed by atoms with Crippen LogP contribution in [0.15, 0.2) is 29.4 Å². The molecule has 0 amide bonds. The van der Waals surface area contributed by atoms with Crippen LogP contribution in [0.4, 0.5) is 0 Å². The molecule has 0 saturated carbocycles. The minimum Gasteiger partial charge on any atom is -0.268 e. The molecule has 0 fully saturated rings. The lowest BCUT2D eigenvalue weighted by Gasteiger charge is -1.98. The second-order valence-electron chi connectivity index (χ2n) is 3.16. The predicted molar refractivity (Wildman–Crippen MR) is 64.9 cm³/mol. The summed E-state index contributed by atoms with van der Waals surface area (Å²) in [4.78, 5) is 8.79. The molecule has 0 aliphatic carbocycles. The number of hydrogen-bond donors (Lipinski definition) is 0. The van der Waals surface area contributed by atoms with Crippen LogP contribution in [-0.2, 0) is 5.75 Å². The molecule has 1 atom stereocenters. The summed E-state index contributed by atoms with van der Waals surface area (Å²) in [7, 11) is 0. The van der Waals surface area contributed by atoms with Crippen LogP contribution < -0.4 is 0 Å². The molecule has 0 spiro atoms. The van der Waals surface area contributed by atoms with Crippen molar-refractivity contribution in [1.29, 1.82) is 0 Å². The summed E-state index contributed by atoms with van der Waals surface area (Å²) in [5, 5.41) is 0. The highest BCUT2D eigenvalue weighted by atomic mass is 32.2. The molecule has 0 radical (unpaired) electrons. The second kappa shape index (κ2) is 4.84. The molecule has 0 saturated heterocycles. The van der Waals surface area contributed by atoms with Gasteiger partial charge in [-0.05, 0) is 19.1 Å². The summed E-state index contributed by atoms with van der Waals surface area (Å²) in [6, 6.07) is 6.51. The van der Waals surface area contributed by atoms with E-state index in [2.05, 4.69) is 23.0 Å². The average Bonchev–Trinajstić information content (AvgIpc) is 2.63. The lowest BCUT2D eigenvalue weighted by Crippen LogP contribution is -1.92. The fraction of sp³-hybridized carbons (Fsp3) is 0.400. The van der Waals surface area contributed by atoms with Gasteiger partial charge in [0.25, 0.3) is 0 Å². The zero-order valence-corrected chi connectivity index (χ0v) is 9.64. The minimum absolute atomic E-state index is 0.492. The SMILES string of the molecule is C[C@H]1CSC(SCc2ccccn2)=N1. The number of thioether (sulfide) groups is 2. The number of aromatic nitrogens is 1. The minimum atomic E-state index is 0.492. The van der Waals surface area contributed by atoms with Crippen molar-refractivity contribution in [2.75, 3.05) is 5.75 Å². The van der Waals surface area contributed by atoms with Crippen LogP contribution in [0.2, 0.25) is 0 Å². The van der Waals surface area contributed by atoms with Crippen LogP contribution in [0.3, 0.4) is 0 Å². The summed E-state index contributed by atoms with van der Waals surface area (Å²) in [5.74, 6) is 2.06. The molecule has 0 bridgehead atoms. The van der Waals surface area contributed by atoms with Gasteiger partial charge in [-0.2, -0.15) is 0 Å². The van der Waals surface area contributed by atoms with E-state index in [-0.39, 0.29) is 0 Å². The number of aliphatic imine (C=N–C) groups is 1. The molecule has 0 N–H and O–H groups in total. The maximum absolute atomic E-state index is 4.52. The van der Waals surface area contributed by atoms with Gasteiger partial charge in [0.05, 0.1) is 11.7 Å². The van der Waals surface area contributed by atoms with Crippen molar-refractivity contribution in [3.63, 3.8) is 0 Å². The van der Waals surface area contributed by atoms with E-state index in [1.54, 1.807) is 11.8 Å². The monoisotopic (exact) mass is 224 g/mol. The summed E-state index contributed by atoms with van der Waals surface area (Å²) < 4.78 is 1.21. The maximum Gasteiger partial charge on any atom is 0.125 e. The Hall–Kier alpha value is -0.480. The highest BCUT2D eigenvalue weighted by Crippen LogP contribution is 2.27. The number of hydrogen-bond acceptors (Lipinski definition) is 4. The third-order valence-corrected chi connectivity index (χ3v) is 4.34. The van der Waals surface area contributed by atoms with Gasteiger partial charge in [0.1, 0.15) is 4.38 Å². The van der Waals surface area contributed by atoms with Crippen molar-refractivity contribution >= 4 is 27.9 Å². The highest BCUT2D eigenvalue weighted by molar-refractivity contribution is 8.38. The summed E-state index contributed by atoms with van der Waals surface area (Å²) in [6.45, 7) is 2.15. The number of pyridine rings is 1. The molecule has 1 aromatic heterocycles. The first-order valence-electron chi connectivity index (χ1n) is 4.58. The Bertz CT molecular complexity index is 324. The van der Waals surface area contributed by atoms with Crippen molar-refractivity contribution in [3.8, 4) is 0 Å². The van der Waals surface area contributed by atoms with E-state index in [9.17, 15) is 0 Å². The molecule has 4 heteroatoms. The average molecular weight is 224 g/mol. The zero-order chi connectivity index (χ0) is 9.80. The summed E-state index contributed by atoms with van der Waals surface area (Å²) >= 11 is 3.65. The Morgan fingerprint density at radius 2 is 2.50 bits per heavy atom. The second-order valence-corrected chi connectivity index (χ2v) is 5.40. The maximum atomic E-state index is 4.52. The summed E-state index contributed by atoms with van der Waals surface area (Å²) in [5.41, 5.74) is 1.13. The van der Waals surface area contributed by atoms with Crippen LogP contribution in [-0.4, -0.2) is 21.2 Å². The topological polar surface area (TPSA) is 25.2 Å². The van der Waals surface area contributed by atoms with E-state index in [4.69, 9.17) is 0 Å². The van der Waals surface area contributed by atoms with Crippen molar-refractivity contribution < 1.29 is 0 Å². The number of nitrogens with zero attached hydrogens (tertiary/aromatic N) is 2. The lowest BCUT2D eigenvalue weighted by atomic mass is 10.4. The molecule has 0 unspecified atom stereocenters. The van der Waals surface area contributed by atoms with E-state index >= 15 is 0 Å². The van der Waals surface area contributed by atoms with Crippen molar-refractivity contribution in [2.24, 2.45) is 4.99 Å². The van der Waals surface area contributed by atoms with Gasteiger partial charge >= 0.3 is 0 Å². The zero-order valence-electron chi connectivity index (χ0n) is 8.01. The molecule has 0 aromatic carbocycles. The van der Waals surface area contributed by atoms with E-state index in [1.165, 1.54) is 4.38 Å². The van der Waals surface area contributed by atoms with Crippen LogP contribution in [0.1, 0.15) is 12.6 Å². The molecule has 2 heterocycles. The molecule has 14 heavy (non-hydrogen) atoms. The molecule has 1 aliphatic rings. The van der Waals surface area contributed by atoms with Crippen LogP contribution in [0.25, 0.3) is 0 Å². The van der Waals surface area contributed by atoms with E-state index in [1.807, 2.05) is 30.1 Å². The van der Waals surface area contributed by atoms with E-state index in [0.717, 1.165) is 17.2 Å². The van der Waals surface area contributed by atoms with Crippen LogP contribution in [0.5, 0.6) is 0 Å². The smallest absolute Gasteiger partial charge is 0.125 e. The first-order chi connectivity index (χ1) is 6.84. The summed E-state index contributed by atoms with van der Waals surface area (Å²) in [6.07, 6.45) is 1.84. The quantitative estimate of drug-likeness (QED) is 0.772. The van der Waals surface area contributed by atoms with Gasteiger partial charge in [-0.15, -0.1) is 0 Å². The highest BCUT2D eigenvalue weighted by Gasteiger charge is 2.13. The van der Waals surface area contributed by atoms with Crippen molar-refractivity contribution in [1.82, 2.24) is 4.98 Å². The molecule has 2 rings (SSSR count). The number of rotatable bonds is 2. The Morgan fingerprint density at radius 3 is 3.14 bits per heavy atom. The van der Waals surface area contributed by atoms with Crippen LogP contribution >= 0.6 is 23.5 Å². The van der Waals surface area contributed by atoms with Gasteiger partial charge in [0, 0.05) is 17.7 Å². The van der Waals surface area contributed by atoms with Gasteiger partial charge in [-0.1, -0.05) is 29.6 Å². The van der Waals surface area contributed by atoms with Gasteiger partial charge in [0.15, 0.2) is 0 Å². The third-order valence-electron chi connectivity index (χ3n) is 1.84. The Labute approximate surface area is 92.6 Å². The fourth-order valence-electron chi connectivity index (χ4n) is 1.14. The van der Waals surface area contributed by atoms with Gasteiger partial charge < -0.3 is 0 Å². The van der Waals surface area contributed by atoms with E-state index < -0.39 is 0 Å².